The number of hydrogen-bond donors (Lipinski definition) is 0. The number of allylic oxidation sites excluding steroid dienone is 2. The highest BCUT2D eigenvalue weighted by molar-refractivity contribution is 6.63. The van der Waals surface area contributed by atoms with E-state index in [0.717, 1.165) is 0 Å². The summed E-state index contributed by atoms with van der Waals surface area (Å²) in [6.07, 6.45) is 7.95. The molecule has 1 atom stereocenters. The number of hydrogen-bond acceptors (Lipinski definition) is 4. The van der Waals surface area contributed by atoms with Crippen LogP contribution in [0.2, 0.25) is 0 Å². The van der Waals surface area contributed by atoms with E-state index >= 15 is 0 Å². The molecule has 1 aliphatic heterocycles. The zero-order valence-corrected chi connectivity index (χ0v) is 10.1. The molecule has 0 saturated heterocycles. The Hall–Kier alpha value is -0.623. The maximum Gasteiger partial charge on any atom is 0.527 e. The van der Waals surface area contributed by atoms with Gasteiger partial charge in [-0.25, -0.2) is 0 Å². The summed E-state index contributed by atoms with van der Waals surface area (Å²) in [6.45, 7) is 0. The molecule has 1 unspecified atom stereocenters. The van der Waals surface area contributed by atoms with Crippen molar-refractivity contribution in [3.8, 4) is 0 Å². The summed E-state index contributed by atoms with van der Waals surface area (Å²) in [7, 11) is 4.26. The lowest BCUT2D eigenvalue weighted by atomic mass is 10.4. The van der Waals surface area contributed by atoms with Crippen LogP contribution in [0.25, 0.3) is 0 Å². The van der Waals surface area contributed by atoms with Gasteiger partial charge in [-0.2, -0.15) is 0 Å². The fourth-order valence-electron chi connectivity index (χ4n) is 1.56. The average molecular weight is 215 g/mol. The molecular weight excluding hydrogens is 198 g/mol. The maximum atomic E-state index is 5.41. The van der Waals surface area contributed by atoms with E-state index in [9.17, 15) is 0 Å². The van der Waals surface area contributed by atoms with E-state index in [1.54, 1.807) is 21.3 Å². The zero-order chi connectivity index (χ0) is 10.6. The largest absolute Gasteiger partial charge is 0.527 e. The van der Waals surface area contributed by atoms with Crippen molar-refractivity contribution in [2.24, 2.45) is 0 Å². The van der Waals surface area contributed by atoms with Gasteiger partial charge in [0.15, 0.2) is 0 Å². The van der Waals surface area contributed by atoms with E-state index in [1.165, 1.54) is 0 Å². The Balaban J connectivity index is 2.87. The molecule has 1 aliphatic rings. The van der Waals surface area contributed by atoms with Gasteiger partial charge in [-0.1, -0.05) is 12.2 Å². The predicted molar refractivity (Wildman–Crippen MR) is 56.6 cm³/mol. The van der Waals surface area contributed by atoms with Gasteiger partial charge in [-0.05, 0) is 12.3 Å². The van der Waals surface area contributed by atoms with E-state index in [0.29, 0.717) is 0 Å². The van der Waals surface area contributed by atoms with Crippen LogP contribution in [0.15, 0.2) is 24.4 Å². The molecule has 0 bridgehead atoms. The SMILES string of the molecule is CO[Si](OC)(OC)C1C=CC=CN1C. The summed E-state index contributed by atoms with van der Waals surface area (Å²) >= 11 is 0. The Morgan fingerprint density at radius 1 is 1.07 bits per heavy atom. The van der Waals surface area contributed by atoms with Crippen LogP contribution < -0.4 is 0 Å². The Morgan fingerprint density at radius 2 is 1.64 bits per heavy atom. The summed E-state index contributed by atoms with van der Waals surface area (Å²) < 4.78 is 16.2. The minimum Gasteiger partial charge on any atom is -0.375 e. The highest BCUT2D eigenvalue weighted by Crippen LogP contribution is 2.20. The maximum absolute atomic E-state index is 5.41. The zero-order valence-electron chi connectivity index (χ0n) is 9.06. The van der Waals surface area contributed by atoms with Crippen LogP contribution in [-0.2, 0) is 13.3 Å². The fourth-order valence-corrected chi connectivity index (χ4v) is 3.72. The van der Waals surface area contributed by atoms with Gasteiger partial charge in [0.1, 0.15) is 5.67 Å². The molecule has 14 heavy (non-hydrogen) atoms. The van der Waals surface area contributed by atoms with E-state index in [1.807, 2.05) is 36.4 Å². The van der Waals surface area contributed by atoms with Crippen molar-refractivity contribution in [2.75, 3.05) is 28.4 Å². The van der Waals surface area contributed by atoms with Crippen molar-refractivity contribution in [2.45, 2.75) is 5.67 Å². The Bertz CT molecular complexity index is 230. The molecule has 0 fully saturated rings. The normalized spacial score (nSPS) is 21.7. The molecule has 1 rings (SSSR count). The first-order valence-corrected chi connectivity index (χ1v) is 6.22. The van der Waals surface area contributed by atoms with Crippen molar-refractivity contribution < 1.29 is 13.3 Å². The van der Waals surface area contributed by atoms with Gasteiger partial charge in [-0.3, -0.25) is 0 Å². The van der Waals surface area contributed by atoms with Gasteiger partial charge in [0.05, 0.1) is 0 Å². The molecule has 5 heteroatoms. The second-order valence-electron chi connectivity index (χ2n) is 3.05. The minimum absolute atomic E-state index is 0.0486. The quantitative estimate of drug-likeness (QED) is 0.649. The third-order valence-electron chi connectivity index (χ3n) is 2.38. The molecule has 0 saturated carbocycles. The molecule has 1 heterocycles. The lowest BCUT2D eigenvalue weighted by Crippen LogP contribution is -2.59. The van der Waals surface area contributed by atoms with Crippen LogP contribution in [0, 0.1) is 0 Å². The molecule has 0 aromatic heterocycles. The molecule has 0 aromatic carbocycles. The first kappa shape index (κ1) is 11.5. The molecule has 0 N–H and O–H groups in total. The molecule has 0 aliphatic carbocycles. The van der Waals surface area contributed by atoms with Crippen molar-refractivity contribution >= 4 is 8.80 Å². The monoisotopic (exact) mass is 215 g/mol. The first-order chi connectivity index (χ1) is 6.70. The molecule has 0 spiro atoms. The summed E-state index contributed by atoms with van der Waals surface area (Å²) in [5.41, 5.74) is 0.0486. The van der Waals surface area contributed by atoms with Crippen molar-refractivity contribution in [3.05, 3.63) is 24.4 Å². The van der Waals surface area contributed by atoms with Gasteiger partial charge in [0, 0.05) is 28.4 Å². The van der Waals surface area contributed by atoms with E-state index in [4.69, 9.17) is 13.3 Å². The van der Waals surface area contributed by atoms with Gasteiger partial charge in [0.2, 0.25) is 0 Å². The molecule has 0 aromatic rings. The molecule has 80 valence electrons. The average Bonchev–Trinajstić information content (AvgIpc) is 2.24. The third kappa shape index (κ3) is 1.90. The topological polar surface area (TPSA) is 30.9 Å². The molecule has 0 radical (unpaired) electrons. The van der Waals surface area contributed by atoms with E-state index in [-0.39, 0.29) is 5.67 Å². The third-order valence-corrected chi connectivity index (χ3v) is 5.41. The van der Waals surface area contributed by atoms with E-state index in [2.05, 4.69) is 0 Å². The highest BCUT2D eigenvalue weighted by Gasteiger charge is 2.48. The summed E-state index contributed by atoms with van der Waals surface area (Å²) in [5.74, 6) is 0. The predicted octanol–water partition coefficient (Wildman–Crippen LogP) is 0.788. The van der Waals surface area contributed by atoms with Crippen LogP contribution in [0.1, 0.15) is 0 Å². The van der Waals surface area contributed by atoms with Crippen molar-refractivity contribution in [1.29, 1.82) is 0 Å². The number of likely N-dealkylation sites (N-methyl/N-ethyl adjacent to an activating group) is 1. The Labute approximate surface area is 86.1 Å². The molecule has 4 nitrogen and oxygen atoms in total. The van der Waals surface area contributed by atoms with Crippen molar-refractivity contribution in [3.63, 3.8) is 0 Å². The Morgan fingerprint density at radius 3 is 2.07 bits per heavy atom. The van der Waals surface area contributed by atoms with Gasteiger partial charge >= 0.3 is 8.80 Å². The standard InChI is InChI=1S/C9H17NO3Si/c1-10-8-6-5-7-9(10)14(11-2,12-3)13-4/h5-9H,1-4H3. The minimum atomic E-state index is -2.59. The van der Waals surface area contributed by atoms with Crippen LogP contribution >= 0.6 is 0 Å². The van der Waals surface area contributed by atoms with Crippen LogP contribution in [0.4, 0.5) is 0 Å². The van der Waals surface area contributed by atoms with Gasteiger partial charge in [0.25, 0.3) is 0 Å². The van der Waals surface area contributed by atoms with Crippen molar-refractivity contribution in [1.82, 2.24) is 4.90 Å². The van der Waals surface area contributed by atoms with Crippen LogP contribution in [0.3, 0.4) is 0 Å². The second kappa shape index (κ2) is 4.74. The number of rotatable bonds is 4. The molecule has 0 amide bonds. The first-order valence-electron chi connectivity index (χ1n) is 4.42. The lowest BCUT2D eigenvalue weighted by Gasteiger charge is -2.36. The smallest absolute Gasteiger partial charge is 0.375 e. The fraction of sp³-hybridized carbons (Fsp3) is 0.556. The summed E-state index contributed by atoms with van der Waals surface area (Å²) in [6, 6.07) is 0. The summed E-state index contributed by atoms with van der Waals surface area (Å²) in [4.78, 5) is 2.03. The number of nitrogens with zero attached hydrogens (tertiary/aromatic N) is 1. The van der Waals surface area contributed by atoms with Gasteiger partial charge in [-0.15, -0.1) is 0 Å². The van der Waals surface area contributed by atoms with E-state index < -0.39 is 8.80 Å². The lowest BCUT2D eigenvalue weighted by molar-refractivity contribution is 0.100. The summed E-state index contributed by atoms with van der Waals surface area (Å²) in [5, 5.41) is 0. The second-order valence-corrected chi connectivity index (χ2v) is 6.08. The van der Waals surface area contributed by atoms with Crippen LogP contribution in [0.5, 0.6) is 0 Å². The van der Waals surface area contributed by atoms with Gasteiger partial charge < -0.3 is 18.2 Å². The Kier molecular flexibility index (Phi) is 3.88. The highest BCUT2D eigenvalue weighted by atomic mass is 28.4. The molecular formula is C9H17NO3Si. The van der Waals surface area contributed by atoms with Crippen LogP contribution in [-0.4, -0.2) is 47.7 Å².